The zero-order chi connectivity index (χ0) is 14.0. The number of nitrogens with one attached hydrogen (secondary N) is 1. The third kappa shape index (κ3) is 3.56. The molecule has 6 nitrogen and oxygen atoms in total. The van der Waals surface area contributed by atoms with E-state index in [1.807, 2.05) is 0 Å². The predicted molar refractivity (Wildman–Crippen MR) is 66.6 cm³/mol. The molecule has 0 aromatic carbocycles. The highest BCUT2D eigenvalue weighted by molar-refractivity contribution is 5.85. The number of carboxylic acid groups (broad SMARTS) is 1. The van der Waals surface area contributed by atoms with E-state index in [9.17, 15) is 9.59 Å². The third-order valence-electron chi connectivity index (χ3n) is 3.42. The van der Waals surface area contributed by atoms with Gasteiger partial charge in [0.05, 0.1) is 12.1 Å². The number of aliphatic carboxylic acids is 1. The first kappa shape index (κ1) is 13.6. The Kier molecular flexibility index (Phi) is 3.87. The Hall–Kier alpha value is -1.85. The number of hydrogen-bond acceptors (Lipinski definition) is 4. The summed E-state index contributed by atoms with van der Waals surface area (Å²) in [7, 11) is 0. The van der Waals surface area contributed by atoms with Gasteiger partial charge >= 0.3 is 5.97 Å². The molecule has 1 amide bonds. The Bertz CT molecular complexity index is 471. The Labute approximate surface area is 111 Å². The van der Waals surface area contributed by atoms with Gasteiger partial charge in [0.15, 0.2) is 0 Å². The van der Waals surface area contributed by atoms with Gasteiger partial charge in [-0.3, -0.25) is 4.79 Å². The fraction of sp³-hybridized carbons (Fsp3) is 0.615. The summed E-state index contributed by atoms with van der Waals surface area (Å²) >= 11 is 0. The van der Waals surface area contributed by atoms with E-state index in [4.69, 9.17) is 9.63 Å². The Morgan fingerprint density at radius 2 is 2.16 bits per heavy atom. The van der Waals surface area contributed by atoms with Crippen LogP contribution in [0.1, 0.15) is 36.3 Å². The lowest BCUT2D eigenvalue weighted by Gasteiger charge is -2.13. The average molecular weight is 266 g/mol. The number of rotatable bonds is 6. The molecule has 1 unspecified atom stereocenters. The van der Waals surface area contributed by atoms with Gasteiger partial charge in [-0.2, -0.15) is 0 Å². The maximum atomic E-state index is 11.9. The predicted octanol–water partition coefficient (Wildman–Crippen LogP) is 1.20. The highest BCUT2D eigenvalue weighted by atomic mass is 16.5. The highest BCUT2D eigenvalue weighted by Crippen LogP contribution is 2.33. The van der Waals surface area contributed by atoms with Crippen LogP contribution in [0.5, 0.6) is 0 Å². The van der Waals surface area contributed by atoms with Gasteiger partial charge in [0.25, 0.3) is 0 Å². The van der Waals surface area contributed by atoms with Crippen molar-refractivity contribution >= 4 is 11.9 Å². The SMILES string of the molecule is Cc1noc(C)c1CC(=O)NC(CC1CC1)C(=O)O. The van der Waals surface area contributed by atoms with Crippen molar-refractivity contribution in [2.75, 3.05) is 0 Å². The molecule has 0 aliphatic heterocycles. The highest BCUT2D eigenvalue weighted by Gasteiger charge is 2.30. The number of aromatic nitrogens is 1. The van der Waals surface area contributed by atoms with E-state index < -0.39 is 12.0 Å². The summed E-state index contributed by atoms with van der Waals surface area (Å²) in [6.45, 7) is 3.50. The zero-order valence-electron chi connectivity index (χ0n) is 11.1. The van der Waals surface area contributed by atoms with Crippen molar-refractivity contribution < 1.29 is 19.2 Å². The molecule has 2 N–H and O–H groups in total. The Morgan fingerprint density at radius 1 is 1.47 bits per heavy atom. The van der Waals surface area contributed by atoms with Crippen LogP contribution in [-0.2, 0) is 16.0 Å². The van der Waals surface area contributed by atoms with Crippen LogP contribution in [0.2, 0.25) is 0 Å². The number of carboxylic acids is 1. The lowest BCUT2D eigenvalue weighted by atomic mass is 10.1. The number of nitrogens with zero attached hydrogens (tertiary/aromatic N) is 1. The molecule has 0 bridgehead atoms. The minimum absolute atomic E-state index is 0.107. The molecule has 1 saturated carbocycles. The molecule has 1 atom stereocenters. The van der Waals surface area contributed by atoms with Gasteiger partial charge in [0.2, 0.25) is 5.91 Å². The van der Waals surface area contributed by atoms with Gasteiger partial charge in [0.1, 0.15) is 11.8 Å². The van der Waals surface area contributed by atoms with E-state index in [1.54, 1.807) is 13.8 Å². The maximum Gasteiger partial charge on any atom is 0.326 e. The van der Waals surface area contributed by atoms with Gasteiger partial charge in [-0.15, -0.1) is 0 Å². The largest absolute Gasteiger partial charge is 0.480 e. The molecule has 1 aromatic rings. The van der Waals surface area contributed by atoms with Crippen molar-refractivity contribution in [1.29, 1.82) is 0 Å². The number of aryl methyl sites for hydroxylation is 2. The van der Waals surface area contributed by atoms with Crippen molar-refractivity contribution in [3.05, 3.63) is 17.0 Å². The summed E-state index contributed by atoms with van der Waals surface area (Å²) < 4.78 is 4.98. The van der Waals surface area contributed by atoms with Gasteiger partial charge < -0.3 is 14.9 Å². The van der Waals surface area contributed by atoms with Crippen molar-refractivity contribution in [1.82, 2.24) is 10.5 Å². The first-order chi connectivity index (χ1) is 8.97. The normalized spacial score (nSPS) is 16.1. The van der Waals surface area contributed by atoms with Gasteiger partial charge in [-0.05, 0) is 26.2 Å². The number of carbonyl (C=O) groups is 2. The van der Waals surface area contributed by atoms with Crippen LogP contribution in [0.3, 0.4) is 0 Å². The monoisotopic (exact) mass is 266 g/mol. The van der Waals surface area contributed by atoms with Crippen LogP contribution in [0, 0.1) is 19.8 Å². The molecular weight excluding hydrogens is 248 g/mol. The molecule has 1 aliphatic carbocycles. The number of carbonyl (C=O) groups excluding carboxylic acids is 1. The molecule has 0 saturated heterocycles. The molecule has 1 aromatic heterocycles. The lowest BCUT2D eigenvalue weighted by molar-refractivity contribution is -0.142. The summed E-state index contributed by atoms with van der Waals surface area (Å²) in [5, 5.41) is 15.4. The van der Waals surface area contributed by atoms with E-state index >= 15 is 0 Å². The van der Waals surface area contributed by atoms with Crippen molar-refractivity contribution in [3.63, 3.8) is 0 Å². The minimum atomic E-state index is -0.973. The first-order valence-electron chi connectivity index (χ1n) is 6.41. The molecule has 1 heterocycles. The summed E-state index contributed by atoms with van der Waals surface area (Å²) in [6, 6.07) is -0.791. The van der Waals surface area contributed by atoms with Crippen molar-refractivity contribution in [3.8, 4) is 0 Å². The molecule has 0 radical (unpaired) electrons. The van der Waals surface area contributed by atoms with E-state index in [0.29, 0.717) is 23.8 Å². The Morgan fingerprint density at radius 3 is 2.63 bits per heavy atom. The molecule has 104 valence electrons. The molecule has 19 heavy (non-hydrogen) atoms. The second-order valence-electron chi connectivity index (χ2n) is 5.12. The fourth-order valence-corrected chi connectivity index (χ4v) is 2.07. The van der Waals surface area contributed by atoms with Gasteiger partial charge in [-0.1, -0.05) is 18.0 Å². The Balaban J connectivity index is 1.93. The van der Waals surface area contributed by atoms with Crippen LogP contribution in [0.25, 0.3) is 0 Å². The van der Waals surface area contributed by atoms with Gasteiger partial charge in [-0.25, -0.2) is 4.79 Å². The average Bonchev–Trinajstić information content (AvgIpc) is 3.10. The van der Waals surface area contributed by atoms with Crippen LogP contribution < -0.4 is 5.32 Å². The maximum absolute atomic E-state index is 11.9. The second-order valence-corrected chi connectivity index (χ2v) is 5.12. The van der Waals surface area contributed by atoms with Crippen molar-refractivity contribution in [2.45, 2.75) is 45.6 Å². The van der Waals surface area contributed by atoms with E-state index in [1.165, 1.54) is 0 Å². The van der Waals surface area contributed by atoms with Crippen molar-refractivity contribution in [2.24, 2.45) is 5.92 Å². The summed E-state index contributed by atoms with van der Waals surface area (Å²) in [6.07, 6.45) is 2.74. The summed E-state index contributed by atoms with van der Waals surface area (Å²) in [5.74, 6) is -0.233. The molecular formula is C13H18N2O4. The molecule has 1 fully saturated rings. The second kappa shape index (κ2) is 5.42. The summed E-state index contributed by atoms with van der Waals surface area (Å²) in [4.78, 5) is 23.0. The van der Waals surface area contributed by atoms with E-state index in [2.05, 4.69) is 10.5 Å². The number of amides is 1. The minimum Gasteiger partial charge on any atom is -0.480 e. The molecule has 0 spiro atoms. The number of hydrogen-bond donors (Lipinski definition) is 2. The fourth-order valence-electron chi connectivity index (χ4n) is 2.07. The molecule has 6 heteroatoms. The summed E-state index contributed by atoms with van der Waals surface area (Å²) in [5.41, 5.74) is 1.40. The quantitative estimate of drug-likeness (QED) is 0.807. The molecule has 1 aliphatic rings. The lowest BCUT2D eigenvalue weighted by Crippen LogP contribution is -2.41. The topological polar surface area (TPSA) is 92.4 Å². The van der Waals surface area contributed by atoms with Crippen LogP contribution >= 0.6 is 0 Å². The van der Waals surface area contributed by atoms with Crippen LogP contribution in [0.15, 0.2) is 4.52 Å². The zero-order valence-corrected chi connectivity index (χ0v) is 11.1. The van der Waals surface area contributed by atoms with Crippen LogP contribution in [0.4, 0.5) is 0 Å². The van der Waals surface area contributed by atoms with E-state index in [-0.39, 0.29) is 12.3 Å². The third-order valence-corrected chi connectivity index (χ3v) is 3.42. The van der Waals surface area contributed by atoms with Gasteiger partial charge in [0, 0.05) is 5.56 Å². The molecule has 2 rings (SSSR count). The van der Waals surface area contributed by atoms with E-state index in [0.717, 1.165) is 18.4 Å². The first-order valence-corrected chi connectivity index (χ1v) is 6.41. The smallest absolute Gasteiger partial charge is 0.326 e. The van der Waals surface area contributed by atoms with Crippen LogP contribution in [-0.4, -0.2) is 28.2 Å². The standard InChI is InChI=1S/C13H18N2O4/c1-7-10(8(2)19-15-7)6-12(16)14-11(13(17)18)5-9-3-4-9/h9,11H,3-6H2,1-2H3,(H,14,16)(H,17,18).